The van der Waals surface area contributed by atoms with E-state index in [9.17, 15) is 9.90 Å². The number of pyridine rings is 1. The van der Waals surface area contributed by atoms with Gasteiger partial charge >= 0.3 is 5.97 Å². The molecule has 1 heterocycles. The molecule has 0 aliphatic heterocycles. The topological polar surface area (TPSA) is 50.2 Å². The van der Waals surface area contributed by atoms with E-state index < -0.39 is 11.4 Å². The van der Waals surface area contributed by atoms with Crippen molar-refractivity contribution in [2.75, 3.05) is 0 Å². The van der Waals surface area contributed by atoms with E-state index in [4.69, 9.17) is 0 Å². The van der Waals surface area contributed by atoms with Crippen LogP contribution in [-0.4, -0.2) is 16.1 Å². The Morgan fingerprint density at radius 1 is 1.20 bits per heavy atom. The van der Waals surface area contributed by atoms with E-state index in [1.165, 1.54) is 0 Å². The lowest BCUT2D eigenvalue weighted by Crippen LogP contribution is -2.35. The van der Waals surface area contributed by atoms with Gasteiger partial charge in [-0.25, -0.2) is 0 Å². The SMILES string of the molecule is CCC(CCc1cccnc1)(C(=O)O)c1ccccc1. The summed E-state index contributed by atoms with van der Waals surface area (Å²) in [5.41, 5.74) is 1.12. The zero-order valence-corrected chi connectivity index (χ0v) is 11.6. The lowest BCUT2D eigenvalue weighted by atomic mass is 9.74. The van der Waals surface area contributed by atoms with Gasteiger partial charge in [-0.2, -0.15) is 0 Å². The van der Waals surface area contributed by atoms with Gasteiger partial charge in [-0.1, -0.05) is 43.3 Å². The van der Waals surface area contributed by atoms with E-state index in [-0.39, 0.29) is 0 Å². The van der Waals surface area contributed by atoms with Gasteiger partial charge in [0.15, 0.2) is 0 Å². The lowest BCUT2D eigenvalue weighted by molar-refractivity contribution is -0.144. The Morgan fingerprint density at radius 2 is 1.95 bits per heavy atom. The Balaban J connectivity index is 2.26. The first-order chi connectivity index (χ1) is 9.69. The van der Waals surface area contributed by atoms with Crippen LogP contribution in [0.3, 0.4) is 0 Å². The van der Waals surface area contributed by atoms with Crippen LogP contribution in [0.25, 0.3) is 0 Å². The van der Waals surface area contributed by atoms with Crippen molar-refractivity contribution in [1.82, 2.24) is 4.98 Å². The molecule has 1 unspecified atom stereocenters. The first kappa shape index (κ1) is 14.3. The Bertz CT molecular complexity index is 554. The monoisotopic (exact) mass is 269 g/mol. The Morgan fingerprint density at radius 3 is 2.50 bits per heavy atom. The zero-order valence-electron chi connectivity index (χ0n) is 11.6. The van der Waals surface area contributed by atoms with E-state index in [2.05, 4.69) is 4.98 Å². The normalized spacial score (nSPS) is 13.7. The summed E-state index contributed by atoms with van der Waals surface area (Å²) in [7, 11) is 0. The maximum atomic E-state index is 11.9. The van der Waals surface area contributed by atoms with Gasteiger partial charge in [-0.05, 0) is 36.5 Å². The van der Waals surface area contributed by atoms with Gasteiger partial charge in [0.1, 0.15) is 0 Å². The molecule has 1 N–H and O–H groups in total. The molecule has 1 aromatic carbocycles. The molecule has 0 radical (unpaired) electrons. The second-order valence-electron chi connectivity index (χ2n) is 4.97. The van der Waals surface area contributed by atoms with Gasteiger partial charge < -0.3 is 5.11 Å². The third-order valence-electron chi connectivity index (χ3n) is 3.90. The van der Waals surface area contributed by atoms with Gasteiger partial charge in [0, 0.05) is 12.4 Å². The largest absolute Gasteiger partial charge is 0.481 e. The molecule has 20 heavy (non-hydrogen) atoms. The van der Waals surface area contributed by atoms with E-state index in [0.29, 0.717) is 19.3 Å². The van der Waals surface area contributed by atoms with Crippen LogP contribution in [0.4, 0.5) is 0 Å². The molecule has 104 valence electrons. The molecule has 1 atom stereocenters. The quantitative estimate of drug-likeness (QED) is 0.873. The van der Waals surface area contributed by atoms with E-state index in [1.807, 2.05) is 49.4 Å². The number of aryl methyl sites for hydroxylation is 1. The van der Waals surface area contributed by atoms with Crippen LogP contribution in [0.5, 0.6) is 0 Å². The molecule has 0 amide bonds. The highest BCUT2D eigenvalue weighted by Gasteiger charge is 2.37. The van der Waals surface area contributed by atoms with Crippen LogP contribution >= 0.6 is 0 Å². The van der Waals surface area contributed by atoms with Crippen molar-refractivity contribution >= 4 is 5.97 Å². The highest BCUT2D eigenvalue weighted by atomic mass is 16.4. The molecule has 0 aliphatic carbocycles. The van der Waals surface area contributed by atoms with Gasteiger partial charge in [-0.15, -0.1) is 0 Å². The standard InChI is InChI=1S/C17H19NO2/c1-2-17(16(19)20,15-8-4-3-5-9-15)11-10-14-7-6-12-18-13-14/h3-9,12-13H,2,10-11H2,1H3,(H,19,20). The van der Waals surface area contributed by atoms with Crippen LogP contribution in [0.1, 0.15) is 30.9 Å². The molecule has 0 bridgehead atoms. The third-order valence-corrected chi connectivity index (χ3v) is 3.90. The summed E-state index contributed by atoms with van der Waals surface area (Å²) in [6, 6.07) is 13.4. The predicted molar refractivity (Wildman–Crippen MR) is 78.6 cm³/mol. The smallest absolute Gasteiger partial charge is 0.314 e. The molecule has 0 saturated carbocycles. The number of carboxylic acid groups (broad SMARTS) is 1. The lowest BCUT2D eigenvalue weighted by Gasteiger charge is -2.28. The second kappa shape index (κ2) is 6.33. The fourth-order valence-corrected chi connectivity index (χ4v) is 2.57. The molecule has 1 aromatic heterocycles. The molecule has 0 saturated heterocycles. The van der Waals surface area contributed by atoms with Crippen molar-refractivity contribution in [1.29, 1.82) is 0 Å². The van der Waals surface area contributed by atoms with Crippen LogP contribution in [0, 0.1) is 0 Å². The number of carboxylic acids is 1. The van der Waals surface area contributed by atoms with E-state index in [1.54, 1.807) is 12.4 Å². The van der Waals surface area contributed by atoms with Gasteiger partial charge in [0.25, 0.3) is 0 Å². The number of nitrogens with zero attached hydrogens (tertiary/aromatic N) is 1. The van der Waals surface area contributed by atoms with Crippen LogP contribution in [0.15, 0.2) is 54.9 Å². The van der Waals surface area contributed by atoms with E-state index in [0.717, 1.165) is 11.1 Å². The van der Waals surface area contributed by atoms with Gasteiger partial charge in [-0.3, -0.25) is 9.78 Å². The Kier molecular flexibility index (Phi) is 4.51. The summed E-state index contributed by atoms with van der Waals surface area (Å²) in [6.07, 6.45) is 5.39. The first-order valence-electron chi connectivity index (χ1n) is 6.87. The van der Waals surface area contributed by atoms with Crippen LogP contribution < -0.4 is 0 Å². The average molecular weight is 269 g/mol. The van der Waals surface area contributed by atoms with Crippen LogP contribution in [0.2, 0.25) is 0 Å². The van der Waals surface area contributed by atoms with Crippen LogP contribution in [-0.2, 0) is 16.6 Å². The number of hydrogen-bond donors (Lipinski definition) is 1. The molecule has 2 aromatic rings. The number of benzene rings is 1. The van der Waals surface area contributed by atoms with Crippen molar-refractivity contribution in [3.8, 4) is 0 Å². The average Bonchev–Trinajstić information content (AvgIpc) is 2.50. The van der Waals surface area contributed by atoms with Crippen molar-refractivity contribution in [2.24, 2.45) is 0 Å². The van der Waals surface area contributed by atoms with E-state index >= 15 is 0 Å². The maximum Gasteiger partial charge on any atom is 0.314 e. The summed E-state index contributed by atoms with van der Waals surface area (Å²) in [5, 5.41) is 9.74. The predicted octanol–water partition coefficient (Wildman–Crippen LogP) is 3.45. The molecule has 0 aliphatic rings. The zero-order chi connectivity index (χ0) is 14.4. The molecule has 0 spiro atoms. The number of rotatable bonds is 6. The molecule has 0 fully saturated rings. The fraction of sp³-hybridized carbons (Fsp3) is 0.294. The number of carbonyl (C=O) groups is 1. The second-order valence-corrected chi connectivity index (χ2v) is 4.97. The van der Waals surface area contributed by atoms with Crippen molar-refractivity contribution < 1.29 is 9.90 Å². The molecular formula is C17H19NO2. The molecule has 2 rings (SSSR count). The summed E-state index contributed by atoms with van der Waals surface area (Å²) in [5.74, 6) is -0.755. The Hall–Kier alpha value is -2.16. The van der Waals surface area contributed by atoms with Crippen molar-refractivity contribution in [3.63, 3.8) is 0 Å². The molecule has 3 nitrogen and oxygen atoms in total. The first-order valence-corrected chi connectivity index (χ1v) is 6.87. The highest BCUT2D eigenvalue weighted by Crippen LogP contribution is 2.33. The minimum Gasteiger partial charge on any atom is -0.481 e. The number of hydrogen-bond acceptors (Lipinski definition) is 2. The molecular weight excluding hydrogens is 250 g/mol. The number of aromatic nitrogens is 1. The minimum atomic E-state index is -0.822. The van der Waals surface area contributed by atoms with Crippen molar-refractivity contribution in [3.05, 3.63) is 66.0 Å². The summed E-state index contributed by atoms with van der Waals surface area (Å²) in [4.78, 5) is 15.9. The molecule has 3 heteroatoms. The third kappa shape index (κ3) is 2.87. The van der Waals surface area contributed by atoms with Gasteiger partial charge in [0.05, 0.1) is 5.41 Å². The Labute approximate surface area is 119 Å². The highest BCUT2D eigenvalue weighted by molar-refractivity contribution is 5.81. The summed E-state index contributed by atoms with van der Waals surface area (Å²) < 4.78 is 0. The van der Waals surface area contributed by atoms with Gasteiger partial charge in [0.2, 0.25) is 0 Å². The minimum absolute atomic E-state index is 0.576. The van der Waals surface area contributed by atoms with Crippen molar-refractivity contribution in [2.45, 2.75) is 31.6 Å². The number of aliphatic carboxylic acids is 1. The summed E-state index contributed by atoms with van der Waals surface area (Å²) >= 11 is 0. The summed E-state index contributed by atoms with van der Waals surface area (Å²) in [6.45, 7) is 1.93. The fourth-order valence-electron chi connectivity index (χ4n) is 2.57. The maximum absolute atomic E-state index is 11.9.